The van der Waals surface area contributed by atoms with E-state index in [2.05, 4.69) is 25.8 Å². The van der Waals surface area contributed by atoms with Gasteiger partial charge in [-0.3, -0.25) is 4.99 Å². The number of phenolic OH excluding ortho intramolecular Hbond substituents is 1. The minimum atomic E-state index is -0.826. The van der Waals surface area contributed by atoms with Crippen LogP contribution in [0.4, 0.5) is 5.69 Å². The third-order valence-electron chi connectivity index (χ3n) is 3.33. The van der Waals surface area contributed by atoms with Crippen LogP contribution < -0.4 is 0 Å². The van der Waals surface area contributed by atoms with Crippen molar-refractivity contribution in [2.24, 2.45) is 4.99 Å². The number of benzene rings is 2. The summed E-state index contributed by atoms with van der Waals surface area (Å²) in [6.45, 7) is 8.29. The van der Waals surface area contributed by atoms with Crippen molar-refractivity contribution in [3.63, 3.8) is 0 Å². The number of aromatic hydroxyl groups is 1. The van der Waals surface area contributed by atoms with Gasteiger partial charge in [0.05, 0.1) is 5.69 Å². The van der Waals surface area contributed by atoms with Crippen molar-refractivity contribution in [3.8, 4) is 5.75 Å². The van der Waals surface area contributed by atoms with Crippen LogP contribution in [0, 0.1) is 6.92 Å². The number of hydrogen-bond donors (Lipinski definition) is 1. The summed E-state index contributed by atoms with van der Waals surface area (Å²) in [7, 11) is 9.87. The minimum absolute atomic E-state index is 0.0867. The summed E-state index contributed by atoms with van der Waals surface area (Å²) in [5.41, 5.74) is 3.64. The number of para-hydroxylation sites is 2. The predicted octanol–water partition coefficient (Wildman–Crippen LogP) is 6.13. The summed E-state index contributed by atoms with van der Waals surface area (Å²) < 4.78 is 0. The molecular formula is C18H21Cl2NOZr. The Morgan fingerprint density at radius 1 is 1.04 bits per heavy atom. The van der Waals surface area contributed by atoms with Crippen LogP contribution in [0.2, 0.25) is 0 Å². The third kappa shape index (κ3) is 6.41. The van der Waals surface area contributed by atoms with Gasteiger partial charge in [-0.2, -0.15) is 0 Å². The summed E-state index contributed by atoms with van der Waals surface area (Å²) in [6.07, 6.45) is 1.73. The number of aliphatic imine (C=N–C) groups is 1. The molecule has 0 heterocycles. The Morgan fingerprint density at radius 2 is 1.65 bits per heavy atom. The van der Waals surface area contributed by atoms with Crippen molar-refractivity contribution in [2.45, 2.75) is 33.1 Å². The van der Waals surface area contributed by atoms with Gasteiger partial charge in [0.15, 0.2) is 0 Å². The van der Waals surface area contributed by atoms with E-state index < -0.39 is 20.8 Å². The maximum atomic E-state index is 10.4. The Labute approximate surface area is 157 Å². The molecular weight excluding hydrogens is 408 g/mol. The molecule has 0 spiro atoms. The zero-order valence-electron chi connectivity index (χ0n) is 13.8. The second-order valence-corrected chi connectivity index (χ2v) is 9.84. The molecule has 2 aromatic carbocycles. The molecule has 0 aliphatic rings. The van der Waals surface area contributed by atoms with Gasteiger partial charge in [0.1, 0.15) is 5.75 Å². The summed E-state index contributed by atoms with van der Waals surface area (Å²) >= 11 is -0.826. The van der Waals surface area contributed by atoms with E-state index in [0.29, 0.717) is 5.75 Å². The molecule has 0 radical (unpaired) electrons. The standard InChI is InChI=1S/C18H21NO.2ClH.Zr/c1-13-8-5-6-11-16(13)19-12-14-9-7-10-15(17(14)20)18(2,3)4;;;/h5-12,20H,1-4H3;2*1H;/q;;;+2/p-2. The summed E-state index contributed by atoms with van der Waals surface area (Å²) in [5, 5.41) is 10.4. The molecule has 2 aromatic rings. The molecule has 0 bridgehead atoms. The first-order valence-corrected chi connectivity index (χ1v) is 13.5. The molecule has 0 saturated heterocycles. The van der Waals surface area contributed by atoms with Gasteiger partial charge in [0.25, 0.3) is 0 Å². The average molecular weight is 430 g/mol. The molecule has 0 aliphatic carbocycles. The first kappa shape index (κ1) is 20.4. The second-order valence-electron chi connectivity index (χ2n) is 6.11. The van der Waals surface area contributed by atoms with E-state index in [0.717, 1.165) is 22.4 Å². The average Bonchev–Trinajstić information content (AvgIpc) is 2.47. The first-order valence-electron chi connectivity index (χ1n) is 7.19. The second kappa shape index (κ2) is 9.62. The van der Waals surface area contributed by atoms with Crippen molar-refractivity contribution in [1.82, 2.24) is 0 Å². The fraction of sp³-hybridized carbons (Fsp3) is 0.278. The summed E-state index contributed by atoms with van der Waals surface area (Å²) in [4.78, 5) is 4.48. The molecule has 0 aromatic heterocycles. The van der Waals surface area contributed by atoms with Crippen molar-refractivity contribution >= 4 is 28.9 Å². The van der Waals surface area contributed by atoms with E-state index in [4.69, 9.17) is 17.0 Å². The number of nitrogens with zero attached hydrogens (tertiary/aromatic N) is 1. The normalized spacial score (nSPS) is 11.0. The summed E-state index contributed by atoms with van der Waals surface area (Å²) in [6, 6.07) is 13.7. The molecule has 0 fully saturated rings. The number of phenols is 1. The molecule has 23 heavy (non-hydrogen) atoms. The van der Waals surface area contributed by atoms with E-state index in [1.165, 1.54) is 0 Å². The quantitative estimate of drug-likeness (QED) is 0.573. The molecule has 2 rings (SSSR count). The third-order valence-corrected chi connectivity index (χ3v) is 3.33. The van der Waals surface area contributed by atoms with Gasteiger partial charge in [-0.05, 0) is 35.6 Å². The Hall–Kier alpha value is -0.627. The van der Waals surface area contributed by atoms with Gasteiger partial charge in [0.2, 0.25) is 0 Å². The Balaban J connectivity index is 0.000000816. The van der Waals surface area contributed by atoms with Crippen LogP contribution in [0.5, 0.6) is 5.75 Å². The van der Waals surface area contributed by atoms with Gasteiger partial charge in [-0.25, -0.2) is 0 Å². The zero-order chi connectivity index (χ0) is 17.5. The molecule has 0 amide bonds. The van der Waals surface area contributed by atoms with Crippen LogP contribution in [-0.4, -0.2) is 11.3 Å². The van der Waals surface area contributed by atoms with E-state index in [9.17, 15) is 5.11 Å². The van der Waals surface area contributed by atoms with E-state index >= 15 is 0 Å². The van der Waals surface area contributed by atoms with Gasteiger partial charge < -0.3 is 5.11 Å². The van der Waals surface area contributed by atoms with E-state index in [1.54, 1.807) is 6.21 Å². The predicted molar refractivity (Wildman–Crippen MR) is 96.9 cm³/mol. The Bertz CT molecular complexity index is 666. The van der Waals surface area contributed by atoms with E-state index in [-0.39, 0.29) is 5.41 Å². The molecule has 122 valence electrons. The Kier molecular flexibility index (Phi) is 8.54. The monoisotopic (exact) mass is 427 g/mol. The molecule has 0 unspecified atom stereocenters. The van der Waals surface area contributed by atoms with Gasteiger partial charge in [0, 0.05) is 11.8 Å². The van der Waals surface area contributed by atoms with Gasteiger partial charge in [-0.1, -0.05) is 51.1 Å². The van der Waals surface area contributed by atoms with Gasteiger partial charge in [-0.15, -0.1) is 0 Å². The van der Waals surface area contributed by atoms with Crippen LogP contribution in [0.15, 0.2) is 47.5 Å². The number of aryl methyl sites for hydroxylation is 1. The number of halogens is 2. The van der Waals surface area contributed by atoms with Crippen LogP contribution >= 0.6 is 17.0 Å². The SMILES string of the molecule is Cc1ccccc1N=Cc1cccc(C(C)(C)C)c1O.[Cl][Zr][Cl]. The van der Waals surface area contributed by atoms with Crippen LogP contribution in [0.3, 0.4) is 0 Å². The maximum absolute atomic E-state index is 10.4. The topological polar surface area (TPSA) is 32.6 Å². The van der Waals surface area contributed by atoms with Crippen molar-refractivity contribution in [1.29, 1.82) is 0 Å². The van der Waals surface area contributed by atoms with E-state index in [1.807, 2.05) is 49.4 Å². The molecule has 0 aliphatic heterocycles. The number of hydrogen-bond acceptors (Lipinski definition) is 2. The van der Waals surface area contributed by atoms with Gasteiger partial charge >= 0.3 is 37.9 Å². The van der Waals surface area contributed by atoms with Crippen LogP contribution in [-0.2, 0) is 26.3 Å². The summed E-state index contributed by atoms with van der Waals surface area (Å²) in [5.74, 6) is 0.317. The van der Waals surface area contributed by atoms with Crippen molar-refractivity contribution < 1.29 is 26.0 Å². The fourth-order valence-corrected chi connectivity index (χ4v) is 2.12. The van der Waals surface area contributed by atoms with Crippen molar-refractivity contribution in [2.75, 3.05) is 0 Å². The molecule has 0 saturated carbocycles. The van der Waals surface area contributed by atoms with Crippen LogP contribution in [0.25, 0.3) is 0 Å². The number of rotatable bonds is 2. The molecule has 0 atom stereocenters. The Morgan fingerprint density at radius 3 is 2.22 bits per heavy atom. The first-order chi connectivity index (χ1) is 10.8. The fourth-order valence-electron chi connectivity index (χ4n) is 2.12. The molecule has 1 N–H and O–H groups in total. The van der Waals surface area contributed by atoms with Crippen LogP contribution in [0.1, 0.15) is 37.5 Å². The van der Waals surface area contributed by atoms with Crippen molar-refractivity contribution in [3.05, 3.63) is 59.2 Å². The molecule has 2 nitrogen and oxygen atoms in total. The zero-order valence-corrected chi connectivity index (χ0v) is 17.7. The molecule has 5 heteroatoms.